The number of nitrogens with one attached hydrogen (secondary N) is 1. The quantitative estimate of drug-likeness (QED) is 0.561. The molecule has 0 aliphatic carbocycles. The van der Waals surface area contributed by atoms with Crippen LogP contribution >= 0.6 is 27.5 Å². The van der Waals surface area contributed by atoms with E-state index in [2.05, 4.69) is 42.7 Å². The van der Waals surface area contributed by atoms with Crippen LogP contribution in [-0.4, -0.2) is 40.6 Å². The summed E-state index contributed by atoms with van der Waals surface area (Å²) in [5, 5.41) is -0.0172. The molecule has 1 aromatic carbocycles. The zero-order valence-corrected chi connectivity index (χ0v) is 17.1. The zero-order chi connectivity index (χ0) is 20.1. The van der Waals surface area contributed by atoms with Gasteiger partial charge in [0.25, 0.3) is 0 Å². The van der Waals surface area contributed by atoms with Crippen LogP contribution in [0.15, 0.2) is 34.9 Å². The Morgan fingerprint density at radius 1 is 1.29 bits per heavy atom. The number of aromatic amines is 1. The van der Waals surface area contributed by atoms with E-state index in [1.807, 2.05) is 17.0 Å². The molecule has 28 heavy (non-hydrogen) atoms. The van der Waals surface area contributed by atoms with Gasteiger partial charge >= 0.3 is 6.18 Å². The number of imidazole rings is 1. The molecule has 0 amide bonds. The van der Waals surface area contributed by atoms with Crippen molar-refractivity contribution in [2.24, 2.45) is 0 Å². The normalized spacial score (nSPS) is 18.1. The minimum absolute atomic E-state index is 0.0172. The second-order valence-corrected chi connectivity index (χ2v) is 7.97. The molecule has 1 atom stereocenters. The average molecular weight is 475 g/mol. The average Bonchev–Trinajstić information content (AvgIpc) is 3.07. The van der Waals surface area contributed by atoms with Crippen molar-refractivity contribution < 1.29 is 13.2 Å². The van der Waals surface area contributed by atoms with Crippen molar-refractivity contribution in [3.63, 3.8) is 0 Å². The van der Waals surface area contributed by atoms with Crippen molar-refractivity contribution in [1.82, 2.24) is 15.0 Å². The number of nitrogens with zero attached hydrogens (tertiary/aromatic N) is 4. The highest BCUT2D eigenvalue weighted by Gasteiger charge is 2.32. The summed E-state index contributed by atoms with van der Waals surface area (Å²) in [5.74, 6) is 1.39. The molecule has 3 heterocycles. The number of benzene rings is 1. The number of hydrogen-bond donors (Lipinski definition) is 1. The topological polar surface area (TPSA) is 48.1 Å². The number of H-pyrrole nitrogens is 1. The third kappa shape index (κ3) is 3.53. The fourth-order valence-electron chi connectivity index (χ4n) is 3.43. The monoisotopic (exact) mass is 473 g/mol. The Labute approximate surface area is 172 Å². The van der Waals surface area contributed by atoms with Crippen LogP contribution in [0.4, 0.5) is 24.9 Å². The minimum Gasteiger partial charge on any atom is -0.349 e. The van der Waals surface area contributed by atoms with Crippen LogP contribution < -0.4 is 9.80 Å². The van der Waals surface area contributed by atoms with Gasteiger partial charge in [-0.2, -0.15) is 13.2 Å². The Balaban J connectivity index is 1.60. The van der Waals surface area contributed by atoms with Crippen molar-refractivity contribution in [1.29, 1.82) is 0 Å². The van der Waals surface area contributed by atoms with E-state index in [1.54, 1.807) is 6.20 Å². The van der Waals surface area contributed by atoms with Crippen molar-refractivity contribution >= 4 is 50.3 Å². The van der Waals surface area contributed by atoms with E-state index >= 15 is 0 Å². The lowest BCUT2D eigenvalue weighted by atomic mass is 10.2. The van der Waals surface area contributed by atoms with Gasteiger partial charge in [-0.15, -0.1) is 0 Å². The van der Waals surface area contributed by atoms with Crippen molar-refractivity contribution in [2.75, 3.05) is 29.4 Å². The molecule has 1 N–H and O–H groups in total. The maximum absolute atomic E-state index is 13.0. The molecule has 1 saturated heterocycles. The summed E-state index contributed by atoms with van der Waals surface area (Å²) < 4.78 is 40.0. The molecule has 0 bridgehead atoms. The molecule has 3 aromatic rings. The molecule has 2 aromatic heterocycles. The van der Waals surface area contributed by atoms with Crippen molar-refractivity contribution in [2.45, 2.75) is 19.1 Å². The molecule has 10 heteroatoms. The molecule has 0 saturated carbocycles. The Hall–Kier alpha value is -2.00. The van der Waals surface area contributed by atoms with Gasteiger partial charge in [-0.3, -0.25) is 0 Å². The van der Waals surface area contributed by atoms with Gasteiger partial charge in [0, 0.05) is 31.9 Å². The molecule has 1 aliphatic rings. The highest BCUT2D eigenvalue weighted by atomic mass is 79.9. The first-order chi connectivity index (χ1) is 13.2. The maximum Gasteiger partial charge on any atom is 0.416 e. The first-order valence-electron chi connectivity index (χ1n) is 8.62. The number of halogens is 5. The SMILES string of the molecule is C[C@@H]1CN(c2nc3c(Cl)cc(C(F)(F)F)cc3[nH]2)CCN1c1ncccc1Br. The molecule has 148 valence electrons. The van der Waals surface area contributed by atoms with E-state index in [0.717, 1.165) is 22.4 Å². The molecule has 0 unspecified atom stereocenters. The summed E-state index contributed by atoms with van der Waals surface area (Å²) in [6.45, 7) is 4.07. The number of alkyl halides is 3. The summed E-state index contributed by atoms with van der Waals surface area (Å²) >= 11 is 9.58. The maximum atomic E-state index is 13.0. The number of hydrogen-bond acceptors (Lipinski definition) is 4. The molecule has 1 aliphatic heterocycles. The highest BCUT2D eigenvalue weighted by Crippen LogP contribution is 2.35. The van der Waals surface area contributed by atoms with Gasteiger partial charge in [0.2, 0.25) is 5.95 Å². The second-order valence-electron chi connectivity index (χ2n) is 6.71. The van der Waals surface area contributed by atoms with Crippen LogP contribution in [0.1, 0.15) is 12.5 Å². The van der Waals surface area contributed by atoms with Gasteiger partial charge in [-0.25, -0.2) is 9.97 Å². The van der Waals surface area contributed by atoms with Crippen molar-refractivity contribution in [3.8, 4) is 0 Å². The van der Waals surface area contributed by atoms with Gasteiger partial charge in [-0.1, -0.05) is 11.6 Å². The van der Waals surface area contributed by atoms with Gasteiger partial charge in [0.15, 0.2) is 0 Å². The molecule has 0 radical (unpaired) electrons. The van der Waals surface area contributed by atoms with Crippen LogP contribution in [0.3, 0.4) is 0 Å². The summed E-state index contributed by atoms with van der Waals surface area (Å²) in [5.41, 5.74) is -0.178. The fraction of sp³-hybridized carbons (Fsp3) is 0.333. The molecule has 5 nitrogen and oxygen atoms in total. The van der Waals surface area contributed by atoms with Crippen molar-refractivity contribution in [3.05, 3.63) is 45.5 Å². The summed E-state index contributed by atoms with van der Waals surface area (Å²) in [7, 11) is 0. The lowest BCUT2D eigenvalue weighted by Crippen LogP contribution is -2.52. The first kappa shape index (κ1) is 19.3. The van der Waals surface area contributed by atoms with Crippen LogP contribution in [0.25, 0.3) is 11.0 Å². The van der Waals surface area contributed by atoms with Crippen LogP contribution in [0, 0.1) is 0 Å². The number of fused-ring (bicyclic) bond motifs is 1. The van der Waals surface area contributed by atoms with E-state index in [4.69, 9.17) is 11.6 Å². The van der Waals surface area contributed by atoms with E-state index in [0.29, 0.717) is 31.1 Å². The number of aromatic nitrogens is 3. The standard InChI is InChI=1S/C18H16BrClF3N5/c1-10-9-27(5-6-28(10)16-12(19)3-2-4-24-16)17-25-14-8-11(18(21,22)23)7-13(20)15(14)26-17/h2-4,7-8,10H,5-6,9H2,1H3,(H,25,26)/t10-/m1/s1. The summed E-state index contributed by atoms with van der Waals surface area (Å²) in [6.07, 6.45) is -2.71. The van der Waals surface area contributed by atoms with Crippen LogP contribution in [0.5, 0.6) is 0 Å². The van der Waals surface area contributed by atoms with E-state index < -0.39 is 11.7 Å². The fourth-order valence-corrected chi connectivity index (χ4v) is 4.17. The van der Waals surface area contributed by atoms with Crippen LogP contribution in [-0.2, 0) is 6.18 Å². The predicted molar refractivity (Wildman–Crippen MR) is 107 cm³/mol. The minimum atomic E-state index is -4.46. The predicted octanol–water partition coefficient (Wildman–Crippen LogP) is 5.11. The highest BCUT2D eigenvalue weighted by molar-refractivity contribution is 9.10. The zero-order valence-electron chi connectivity index (χ0n) is 14.8. The smallest absolute Gasteiger partial charge is 0.349 e. The number of pyridine rings is 1. The van der Waals surface area contributed by atoms with Gasteiger partial charge in [0.05, 0.1) is 20.6 Å². The summed E-state index contributed by atoms with van der Waals surface area (Å²) in [4.78, 5) is 16.1. The van der Waals surface area contributed by atoms with Crippen LogP contribution in [0.2, 0.25) is 5.02 Å². The molecule has 0 spiro atoms. The van der Waals surface area contributed by atoms with E-state index in [-0.39, 0.29) is 16.6 Å². The Morgan fingerprint density at radius 3 is 2.75 bits per heavy atom. The number of piperazine rings is 1. The summed E-state index contributed by atoms with van der Waals surface area (Å²) in [6, 6.07) is 5.90. The van der Waals surface area contributed by atoms with Gasteiger partial charge < -0.3 is 14.8 Å². The van der Waals surface area contributed by atoms with Gasteiger partial charge in [-0.05, 0) is 47.1 Å². The lowest BCUT2D eigenvalue weighted by molar-refractivity contribution is -0.137. The number of anilines is 2. The van der Waals surface area contributed by atoms with E-state index in [9.17, 15) is 13.2 Å². The molecule has 1 fully saturated rings. The van der Waals surface area contributed by atoms with E-state index in [1.165, 1.54) is 0 Å². The largest absolute Gasteiger partial charge is 0.416 e. The second kappa shape index (κ2) is 7.11. The molecular weight excluding hydrogens is 459 g/mol. The van der Waals surface area contributed by atoms with Gasteiger partial charge in [0.1, 0.15) is 11.3 Å². The first-order valence-corrected chi connectivity index (χ1v) is 9.79. The Bertz CT molecular complexity index is 1020. The molecule has 4 rings (SSSR count). The lowest BCUT2D eigenvalue weighted by Gasteiger charge is -2.40. The number of rotatable bonds is 2. The third-order valence-corrected chi connectivity index (χ3v) is 5.70. The Morgan fingerprint density at radius 2 is 2.07 bits per heavy atom. The third-order valence-electron chi connectivity index (χ3n) is 4.79. The Kier molecular flexibility index (Phi) is 4.91. The molecular formula is C18H16BrClF3N5.